The molecule has 0 radical (unpaired) electrons. The molecule has 1 aromatic heterocycles. The van der Waals surface area contributed by atoms with E-state index in [-0.39, 0.29) is 22.8 Å². The minimum absolute atomic E-state index is 0.0335. The van der Waals surface area contributed by atoms with Crippen molar-refractivity contribution in [3.8, 4) is 0 Å². The number of nitrogens with one attached hydrogen (secondary N) is 1. The number of aliphatic hydroxyl groups excluding tert-OH is 2. The molecule has 6 nitrogen and oxygen atoms in total. The fourth-order valence-electron chi connectivity index (χ4n) is 1.19. The molecule has 0 amide bonds. The first-order valence-electron chi connectivity index (χ1n) is 5.05. The molecule has 0 aliphatic rings. The first kappa shape index (κ1) is 13.9. The normalized spacial score (nSPS) is 14.3. The lowest BCUT2D eigenvalue weighted by Crippen LogP contribution is -2.21. The van der Waals surface area contributed by atoms with Crippen molar-refractivity contribution in [2.45, 2.75) is 25.6 Å². The molecule has 0 bridgehead atoms. The second kappa shape index (κ2) is 6.53. The minimum Gasteiger partial charge on any atom is -0.390 e. The molecule has 0 aromatic carbocycles. The van der Waals surface area contributed by atoms with Crippen molar-refractivity contribution in [3.63, 3.8) is 0 Å². The van der Waals surface area contributed by atoms with Crippen molar-refractivity contribution in [2.24, 2.45) is 0 Å². The van der Waals surface area contributed by atoms with Gasteiger partial charge in [0.25, 0.3) is 5.56 Å². The Morgan fingerprint density at radius 3 is 2.82 bits per heavy atom. The number of aromatic amines is 1. The number of aliphatic hydroxyl groups is 2. The van der Waals surface area contributed by atoms with Crippen LogP contribution in [0.15, 0.2) is 17.2 Å². The molecule has 0 fully saturated rings. The Hall–Kier alpha value is -1.18. The minimum atomic E-state index is -1.17. The van der Waals surface area contributed by atoms with Gasteiger partial charge in [0.05, 0.1) is 18.0 Å². The maximum Gasteiger partial charge on any atom is 0.266 e. The molecule has 2 atom stereocenters. The van der Waals surface area contributed by atoms with Gasteiger partial charge in [-0.3, -0.25) is 14.6 Å². The number of rotatable bonds is 5. The van der Waals surface area contributed by atoms with Crippen LogP contribution in [0.1, 0.15) is 25.1 Å². The quantitative estimate of drug-likeness (QED) is 0.677. The van der Waals surface area contributed by atoms with Gasteiger partial charge in [-0.1, -0.05) is 11.8 Å². The van der Waals surface area contributed by atoms with E-state index < -0.39 is 12.2 Å². The molecular weight excluding hydrogens is 244 g/mol. The second-order valence-electron chi connectivity index (χ2n) is 3.48. The molecule has 0 spiro atoms. The van der Waals surface area contributed by atoms with Crippen molar-refractivity contribution >= 4 is 16.9 Å². The number of aromatic nitrogens is 2. The number of thioether (sulfide) groups is 1. The van der Waals surface area contributed by atoms with Gasteiger partial charge in [0.15, 0.2) is 5.12 Å². The van der Waals surface area contributed by atoms with E-state index in [1.54, 1.807) is 0 Å². The molecular formula is C10H14N2O4S. The van der Waals surface area contributed by atoms with E-state index in [1.807, 2.05) is 0 Å². The van der Waals surface area contributed by atoms with Gasteiger partial charge < -0.3 is 15.2 Å². The zero-order valence-electron chi connectivity index (χ0n) is 9.29. The molecule has 1 rings (SSSR count). The maximum atomic E-state index is 10.8. The predicted octanol–water partition coefficient (Wildman–Crippen LogP) is -0.166. The Bertz CT molecular complexity index is 414. The second-order valence-corrected chi connectivity index (χ2v) is 4.75. The van der Waals surface area contributed by atoms with Gasteiger partial charge in [-0.05, 0) is 6.42 Å². The summed E-state index contributed by atoms with van der Waals surface area (Å²) in [5.41, 5.74) is -0.174. The SMILES string of the molecule is CC(=O)SCCC(O)C(O)c1c[nH]c(=O)cn1. The molecule has 94 valence electrons. The lowest BCUT2D eigenvalue weighted by Gasteiger charge is -2.16. The molecule has 3 N–H and O–H groups in total. The lowest BCUT2D eigenvalue weighted by atomic mass is 10.1. The van der Waals surface area contributed by atoms with Gasteiger partial charge in [-0.25, -0.2) is 0 Å². The molecule has 0 aliphatic carbocycles. The van der Waals surface area contributed by atoms with Crippen LogP contribution >= 0.6 is 11.8 Å². The van der Waals surface area contributed by atoms with E-state index in [2.05, 4.69) is 9.97 Å². The highest BCUT2D eigenvalue weighted by Gasteiger charge is 2.19. The molecule has 0 saturated carbocycles. The zero-order valence-corrected chi connectivity index (χ0v) is 10.1. The summed E-state index contributed by atoms with van der Waals surface area (Å²) in [7, 11) is 0. The molecule has 7 heteroatoms. The number of carbonyl (C=O) groups excluding carboxylic acids is 1. The van der Waals surface area contributed by atoms with Crippen molar-refractivity contribution in [1.82, 2.24) is 9.97 Å². The molecule has 0 aliphatic heterocycles. The summed E-state index contributed by atoms with van der Waals surface area (Å²) in [4.78, 5) is 27.5. The van der Waals surface area contributed by atoms with Crippen LogP contribution in [0.25, 0.3) is 0 Å². The van der Waals surface area contributed by atoms with Crippen LogP contribution in [0.5, 0.6) is 0 Å². The first-order chi connectivity index (χ1) is 8.00. The number of nitrogens with zero attached hydrogens (tertiary/aromatic N) is 1. The van der Waals surface area contributed by atoms with Crippen LogP contribution in [0, 0.1) is 0 Å². The van der Waals surface area contributed by atoms with E-state index in [1.165, 1.54) is 13.1 Å². The van der Waals surface area contributed by atoms with Gasteiger partial charge in [-0.15, -0.1) is 0 Å². The highest BCUT2D eigenvalue weighted by molar-refractivity contribution is 8.13. The van der Waals surface area contributed by atoms with Gasteiger partial charge in [-0.2, -0.15) is 0 Å². The summed E-state index contributed by atoms with van der Waals surface area (Å²) in [5, 5.41) is 19.3. The monoisotopic (exact) mass is 258 g/mol. The number of hydrogen-bond donors (Lipinski definition) is 3. The van der Waals surface area contributed by atoms with Crippen LogP contribution in [0.3, 0.4) is 0 Å². The van der Waals surface area contributed by atoms with E-state index in [9.17, 15) is 19.8 Å². The fourth-order valence-corrected chi connectivity index (χ4v) is 1.84. The molecule has 1 aromatic rings. The average molecular weight is 258 g/mol. The Morgan fingerprint density at radius 2 is 2.29 bits per heavy atom. The summed E-state index contributed by atoms with van der Waals surface area (Å²) in [6.45, 7) is 1.44. The molecule has 0 saturated heterocycles. The molecule has 1 heterocycles. The van der Waals surface area contributed by atoms with Crippen LogP contribution in [-0.4, -0.2) is 37.2 Å². The summed E-state index contributed by atoms with van der Waals surface area (Å²) >= 11 is 1.09. The van der Waals surface area contributed by atoms with E-state index in [0.717, 1.165) is 18.0 Å². The lowest BCUT2D eigenvalue weighted by molar-refractivity contribution is -0.109. The van der Waals surface area contributed by atoms with E-state index in [4.69, 9.17) is 0 Å². The summed E-state index contributed by atoms with van der Waals surface area (Å²) in [6, 6.07) is 0. The van der Waals surface area contributed by atoms with Gasteiger partial charge in [0.1, 0.15) is 6.10 Å². The topological polar surface area (TPSA) is 103 Å². The van der Waals surface area contributed by atoms with E-state index >= 15 is 0 Å². The zero-order chi connectivity index (χ0) is 12.8. The van der Waals surface area contributed by atoms with Crippen molar-refractivity contribution in [1.29, 1.82) is 0 Å². The predicted molar refractivity (Wildman–Crippen MR) is 63.6 cm³/mol. The van der Waals surface area contributed by atoms with Crippen LogP contribution in [-0.2, 0) is 4.79 Å². The third kappa shape index (κ3) is 4.68. The Morgan fingerprint density at radius 1 is 1.59 bits per heavy atom. The van der Waals surface area contributed by atoms with E-state index in [0.29, 0.717) is 5.75 Å². The largest absolute Gasteiger partial charge is 0.390 e. The van der Waals surface area contributed by atoms with Crippen molar-refractivity contribution in [3.05, 3.63) is 28.4 Å². The van der Waals surface area contributed by atoms with Crippen LogP contribution in [0.4, 0.5) is 0 Å². The third-order valence-corrected chi connectivity index (χ3v) is 2.93. The van der Waals surface area contributed by atoms with Gasteiger partial charge in [0, 0.05) is 18.9 Å². The highest BCUT2D eigenvalue weighted by Crippen LogP contribution is 2.17. The van der Waals surface area contributed by atoms with Crippen LogP contribution in [0.2, 0.25) is 0 Å². The average Bonchev–Trinajstić information content (AvgIpc) is 2.28. The number of carbonyl (C=O) groups is 1. The third-order valence-electron chi connectivity index (χ3n) is 2.08. The Kier molecular flexibility index (Phi) is 5.33. The van der Waals surface area contributed by atoms with Crippen molar-refractivity contribution in [2.75, 3.05) is 5.75 Å². The number of hydrogen-bond acceptors (Lipinski definition) is 6. The summed E-state index contributed by atoms with van der Waals surface area (Å²) in [6.07, 6.45) is 0.385. The first-order valence-corrected chi connectivity index (χ1v) is 6.03. The molecule has 17 heavy (non-hydrogen) atoms. The van der Waals surface area contributed by atoms with Gasteiger partial charge in [0.2, 0.25) is 0 Å². The van der Waals surface area contributed by atoms with Crippen molar-refractivity contribution < 1.29 is 15.0 Å². The standard InChI is InChI=1S/C10H14N2O4S/c1-6(13)17-3-2-8(14)10(16)7-4-12-9(15)5-11-7/h4-5,8,10,14,16H,2-3H2,1H3,(H,12,15). The Balaban J connectivity index is 2.51. The molecule has 2 unspecified atom stereocenters. The number of H-pyrrole nitrogens is 1. The Labute approximate surface area is 102 Å². The summed E-state index contributed by atoms with van der Waals surface area (Å²) < 4.78 is 0. The van der Waals surface area contributed by atoms with Gasteiger partial charge >= 0.3 is 0 Å². The van der Waals surface area contributed by atoms with Crippen LogP contribution < -0.4 is 5.56 Å². The summed E-state index contributed by atoms with van der Waals surface area (Å²) in [5.74, 6) is 0.427. The highest BCUT2D eigenvalue weighted by atomic mass is 32.2. The maximum absolute atomic E-state index is 10.8. The smallest absolute Gasteiger partial charge is 0.266 e. The fraction of sp³-hybridized carbons (Fsp3) is 0.500.